The first kappa shape index (κ1) is 19.9. The third kappa shape index (κ3) is 4.89. The molecule has 0 aromatic heterocycles. The lowest BCUT2D eigenvalue weighted by Gasteiger charge is -2.35. The summed E-state index contributed by atoms with van der Waals surface area (Å²) >= 11 is 0. The van der Waals surface area contributed by atoms with E-state index in [0.29, 0.717) is 19.0 Å². The van der Waals surface area contributed by atoms with Crippen LogP contribution in [-0.4, -0.2) is 48.4 Å². The number of nitrogens with zero attached hydrogens (tertiary/aromatic N) is 2. The molecule has 5 nitrogen and oxygen atoms in total. The van der Waals surface area contributed by atoms with Crippen molar-refractivity contribution in [3.8, 4) is 0 Å². The number of nitrogens with one attached hydrogen (secondary N) is 1. The van der Waals surface area contributed by atoms with Crippen molar-refractivity contribution in [3.63, 3.8) is 0 Å². The normalized spacial score (nSPS) is 21.9. The highest BCUT2D eigenvalue weighted by Gasteiger charge is 2.36. The first-order valence-corrected chi connectivity index (χ1v) is 10.4. The molecule has 0 bridgehead atoms. The van der Waals surface area contributed by atoms with Crippen molar-refractivity contribution in [3.05, 3.63) is 29.8 Å². The van der Waals surface area contributed by atoms with Crippen LogP contribution < -0.4 is 10.2 Å². The number of carbonyl (C=O) groups is 2. The molecule has 148 valence electrons. The standard InChI is InChI=1S/C22H33N3O2/c1-4-5-17-6-8-20(9-7-17)25-15-18(14-21(25)26)22(27)23-19-10-12-24(13-11-19)16(2)3/h6-9,16,18-19H,4-5,10-15H2,1-3H3,(H,23,27). The lowest BCUT2D eigenvalue weighted by atomic mass is 10.0. The molecular formula is C22H33N3O2. The van der Waals surface area contributed by atoms with Gasteiger partial charge in [-0.05, 0) is 50.8 Å². The number of carbonyl (C=O) groups excluding carboxylic acids is 2. The molecule has 5 heteroatoms. The van der Waals surface area contributed by atoms with Gasteiger partial charge in [0, 0.05) is 43.8 Å². The maximum Gasteiger partial charge on any atom is 0.227 e. The molecule has 27 heavy (non-hydrogen) atoms. The van der Waals surface area contributed by atoms with Gasteiger partial charge in [-0.3, -0.25) is 9.59 Å². The number of piperidine rings is 1. The van der Waals surface area contributed by atoms with Crippen LogP contribution in [-0.2, 0) is 16.0 Å². The Morgan fingerprint density at radius 1 is 1.19 bits per heavy atom. The van der Waals surface area contributed by atoms with E-state index >= 15 is 0 Å². The summed E-state index contributed by atoms with van der Waals surface area (Å²) < 4.78 is 0. The molecule has 0 saturated carbocycles. The predicted octanol–water partition coefficient (Wildman–Crippen LogP) is 2.98. The zero-order chi connectivity index (χ0) is 19.4. The second kappa shape index (κ2) is 8.87. The molecule has 1 atom stereocenters. The highest BCUT2D eigenvalue weighted by molar-refractivity contribution is 6.00. The number of hydrogen-bond acceptors (Lipinski definition) is 3. The van der Waals surface area contributed by atoms with Crippen molar-refractivity contribution in [1.29, 1.82) is 0 Å². The van der Waals surface area contributed by atoms with E-state index in [1.54, 1.807) is 4.90 Å². The van der Waals surface area contributed by atoms with Crippen LogP contribution >= 0.6 is 0 Å². The van der Waals surface area contributed by atoms with Gasteiger partial charge in [-0.25, -0.2) is 0 Å². The molecule has 2 aliphatic heterocycles. The monoisotopic (exact) mass is 371 g/mol. The Labute approximate surface area is 163 Å². The van der Waals surface area contributed by atoms with Gasteiger partial charge in [-0.1, -0.05) is 25.5 Å². The summed E-state index contributed by atoms with van der Waals surface area (Å²) in [6, 6.07) is 8.98. The van der Waals surface area contributed by atoms with Crippen LogP contribution in [0.3, 0.4) is 0 Å². The zero-order valence-electron chi connectivity index (χ0n) is 16.9. The fraction of sp³-hybridized carbons (Fsp3) is 0.636. The van der Waals surface area contributed by atoms with Crippen LogP contribution in [0.15, 0.2) is 24.3 Å². The largest absolute Gasteiger partial charge is 0.353 e. The average Bonchev–Trinajstić information content (AvgIpc) is 3.05. The second-order valence-corrected chi connectivity index (χ2v) is 8.23. The summed E-state index contributed by atoms with van der Waals surface area (Å²) in [6.45, 7) is 9.14. The third-order valence-electron chi connectivity index (χ3n) is 5.89. The van der Waals surface area contributed by atoms with Gasteiger partial charge in [0.1, 0.15) is 0 Å². The van der Waals surface area contributed by atoms with Gasteiger partial charge in [0.05, 0.1) is 5.92 Å². The number of hydrogen-bond donors (Lipinski definition) is 1. The molecule has 2 saturated heterocycles. The molecule has 2 heterocycles. The highest BCUT2D eigenvalue weighted by atomic mass is 16.2. The maximum absolute atomic E-state index is 12.7. The topological polar surface area (TPSA) is 52.7 Å². The Hall–Kier alpha value is -1.88. The molecule has 2 fully saturated rings. The molecule has 1 unspecified atom stereocenters. The average molecular weight is 372 g/mol. The summed E-state index contributed by atoms with van der Waals surface area (Å²) in [5, 5.41) is 3.19. The van der Waals surface area contributed by atoms with Crippen molar-refractivity contribution < 1.29 is 9.59 Å². The van der Waals surface area contributed by atoms with Crippen molar-refractivity contribution in [2.24, 2.45) is 5.92 Å². The Balaban J connectivity index is 1.53. The quantitative estimate of drug-likeness (QED) is 0.836. The summed E-state index contributed by atoms with van der Waals surface area (Å²) in [7, 11) is 0. The summed E-state index contributed by atoms with van der Waals surface area (Å²) in [5.41, 5.74) is 2.19. The van der Waals surface area contributed by atoms with E-state index in [1.165, 1.54) is 5.56 Å². The van der Waals surface area contributed by atoms with E-state index in [9.17, 15) is 9.59 Å². The summed E-state index contributed by atoms with van der Waals surface area (Å²) in [6.07, 6.45) is 4.46. The van der Waals surface area contributed by atoms with Gasteiger partial charge < -0.3 is 15.1 Å². The molecule has 1 aromatic rings. The number of amides is 2. The van der Waals surface area contributed by atoms with Gasteiger partial charge in [-0.15, -0.1) is 0 Å². The minimum absolute atomic E-state index is 0.0384. The van der Waals surface area contributed by atoms with E-state index in [-0.39, 0.29) is 23.8 Å². The van der Waals surface area contributed by atoms with Crippen LogP contribution in [0.5, 0.6) is 0 Å². The lowest BCUT2D eigenvalue weighted by molar-refractivity contribution is -0.127. The van der Waals surface area contributed by atoms with Crippen LogP contribution in [0.1, 0.15) is 52.0 Å². The van der Waals surface area contributed by atoms with Crippen LogP contribution in [0, 0.1) is 5.92 Å². The minimum Gasteiger partial charge on any atom is -0.353 e. The number of anilines is 1. The zero-order valence-corrected chi connectivity index (χ0v) is 16.9. The van der Waals surface area contributed by atoms with Gasteiger partial charge in [0.15, 0.2) is 0 Å². The van der Waals surface area contributed by atoms with E-state index < -0.39 is 0 Å². The minimum atomic E-state index is -0.240. The molecule has 2 amide bonds. The molecule has 0 aliphatic carbocycles. The SMILES string of the molecule is CCCc1ccc(N2CC(C(=O)NC3CCN(C(C)C)CC3)CC2=O)cc1. The smallest absolute Gasteiger partial charge is 0.227 e. The van der Waals surface area contributed by atoms with Crippen molar-refractivity contribution in [2.45, 2.75) is 65.0 Å². The summed E-state index contributed by atoms with van der Waals surface area (Å²) in [4.78, 5) is 29.4. The van der Waals surface area contributed by atoms with E-state index in [0.717, 1.165) is 44.5 Å². The second-order valence-electron chi connectivity index (χ2n) is 8.23. The van der Waals surface area contributed by atoms with Crippen molar-refractivity contribution in [2.75, 3.05) is 24.5 Å². The number of aryl methyl sites for hydroxylation is 1. The van der Waals surface area contributed by atoms with Crippen molar-refractivity contribution in [1.82, 2.24) is 10.2 Å². The maximum atomic E-state index is 12.7. The van der Waals surface area contributed by atoms with Gasteiger partial charge in [-0.2, -0.15) is 0 Å². The molecule has 0 spiro atoms. The third-order valence-corrected chi connectivity index (χ3v) is 5.89. The fourth-order valence-corrected chi connectivity index (χ4v) is 4.14. The predicted molar refractivity (Wildman–Crippen MR) is 109 cm³/mol. The van der Waals surface area contributed by atoms with Gasteiger partial charge in [0.2, 0.25) is 11.8 Å². The van der Waals surface area contributed by atoms with Gasteiger partial charge >= 0.3 is 0 Å². The van der Waals surface area contributed by atoms with E-state index in [1.807, 2.05) is 12.1 Å². The van der Waals surface area contributed by atoms with Crippen molar-refractivity contribution >= 4 is 17.5 Å². The fourth-order valence-electron chi connectivity index (χ4n) is 4.14. The molecular weight excluding hydrogens is 338 g/mol. The van der Waals surface area contributed by atoms with E-state index in [4.69, 9.17) is 0 Å². The Bertz CT molecular complexity index is 648. The van der Waals surface area contributed by atoms with Gasteiger partial charge in [0.25, 0.3) is 0 Å². The Morgan fingerprint density at radius 3 is 2.44 bits per heavy atom. The van der Waals surface area contributed by atoms with Crippen LogP contribution in [0.2, 0.25) is 0 Å². The molecule has 3 rings (SSSR count). The Morgan fingerprint density at radius 2 is 1.85 bits per heavy atom. The molecule has 1 aromatic carbocycles. The number of likely N-dealkylation sites (tertiary alicyclic amines) is 1. The van der Waals surface area contributed by atoms with Crippen LogP contribution in [0.4, 0.5) is 5.69 Å². The first-order chi connectivity index (χ1) is 13.0. The molecule has 0 radical (unpaired) electrons. The molecule has 2 aliphatic rings. The first-order valence-electron chi connectivity index (χ1n) is 10.4. The van der Waals surface area contributed by atoms with Crippen LogP contribution in [0.25, 0.3) is 0 Å². The molecule has 1 N–H and O–H groups in total. The lowest BCUT2D eigenvalue weighted by Crippen LogP contribution is -2.48. The van der Waals surface area contributed by atoms with E-state index in [2.05, 4.69) is 43.1 Å². The number of benzene rings is 1. The number of rotatable bonds is 6. The highest BCUT2D eigenvalue weighted by Crippen LogP contribution is 2.26. The summed E-state index contributed by atoms with van der Waals surface area (Å²) in [5.74, 6) is -0.152. The Kier molecular flexibility index (Phi) is 6.53.